The quantitative estimate of drug-likeness (QED) is 0.862. The highest BCUT2D eigenvalue weighted by atomic mass is 19.1. The van der Waals surface area contributed by atoms with Gasteiger partial charge in [0.25, 0.3) is 5.91 Å². The second kappa shape index (κ2) is 8.27. The first-order valence-corrected chi connectivity index (χ1v) is 8.84. The lowest BCUT2D eigenvalue weighted by molar-refractivity contribution is 0.0486. The van der Waals surface area contributed by atoms with Gasteiger partial charge in [-0.1, -0.05) is 12.1 Å². The third kappa shape index (κ3) is 4.02. The van der Waals surface area contributed by atoms with E-state index in [1.807, 2.05) is 13.0 Å². The highest BCUT2D eigenvalue weighted by molar-refractivity contribution is 5.96. The van der Waals surface area contributed by atoms with Gasteiger partial charge in [0.1, 0.15) is 11.4 Å². The zero-order valence-corrected chi connectivity index (χ0v) is 14.8. The molecule has 0 aliphatic carbocycles. The Kier molecular flexibility index (Phi) is 5.83. The number of halogens is 1. The molecule has 1 N–H and O–H groups in total. The molecule has 2 heterocycles. The van der Waals surface area contributed by atoms with E-state index >= 15 is 0 Å². The molecule has 0 atom stereocenters. The number of rotatable bonds is 6. The first-order valence-electron chi connectivity index (χ1n) is 8.84. The average molecular weight is 358 g/mol. The molecule has 0 spiro atoms. The van der Waals surface area contributed by atoms with Crippen LogP contribution in [0.3, 0.4) is 0 Å². The van der Waals surface area contributed by atoms with Crippen molar-refractivity contribution < 1.29 is 18.7 Å². The highest BCUT2D eigenvalue weighted by Crippen LogP contribution is 2.34. The van der Waals surface area contributed by atoms with Crippen LogP contribution in [0.25, 0.3) is 0 Å². The number of nitrogens with zero attached hydrogens (tertiary/aromatic N) is 1. The van der Waals surface area contributed by atoms with Gasteiger partial charge in [0.2, 0.25) is 5.88 Å². The summed E-state index contributed by atoms with van der Waals surface area (Å²) in [7, 11) is 0. The van der Waals surface area contributed by atoms with Gasteiger partial charge in [-0.3, -0.25) is 4.79 Å². The first-order chi connectivity index (χ1) is 12.6. The summed E-state index contributed by atoms with van der Waals surface area (Å²) >= 11 is 0. The molecule has 0 bridgehead atoms. The van der Waals surface area contributed by atoms with Crippen molar-refractivity contribution in [1.29, 1.82) is 0 Å². The Bertz CT molecular complexity index is 760. The minimum atomic E-state index is -0.343. The lowest BCUT2D eigenvalue weighted by Gasteiger charge is -2.38. The molecule has 3 rings (SSSR count). The summed E-state index contributed by atoms with van der Waals surface area (Å²) in [5.41, 5.74) is 0.942. The van der Waals surface area contributed by atoms with Crippen LogP contribution in [0.1, 0.15) is 35.7 Å². The highest BCUT2D eigenvalue weighted by Gasteiger charge is 2.35. The Morgan fingerprint density at radius 1 is 1.31 bits per heavy atom. The van der Waals surface area contributed by atoms with E-state index in [4.69, 9.17) is 9.47 Å². The number of amides is 1. The standard InChI is InChI=1S/C20H23FN2O3/c1-2-26-19-17(7-4-10-22-19)18(24)23-14-20(8-11-25-12-9-20)15-5-3-6-16(21)13-15/h3-7,10,13H,2,8-9,11-12,14H2,1H3,(H,23,24). The van der Waals surface area contributed by atoms with Gasteiger partial charge in [0.05, 0.1) is 6.61 Å². The summed E-state index contributed by atoms with van der Waals surface area (Å²) in [6.07, 6.45) is 3.04. The number of carbonyl (C=O) groups excluding carboxylic acids is 1. The molecule has 6 heteroatoms. The number of nitrogens with one attached hydrogen (secondary N) is 1. The number of hydrogen-bond acceptors (Lipinski definition) is 4. The molecule has 0 saturated carbocycles. The molecule has 1 aliphatic rings. The van der Waals surface area contributed by atoms with Crippen LogP contribution in [0.15, 0.2) is 42.6 Å². The van der Waals surface area contributed by atoms with Crippen LogP contribution in [0, 0.1) is 5.82 Å². The van der Waals surface area contributed by atoms with E-state index in [9.17, 15) is 9.18 Å². The average Bonchev–Trinajstić information content (AvgIpc) is 2.67. The van der Waals surface area contributed by atoms with Crippen molar-refractivity contribution in [3.63, 3.8) is 0 Å². The van der Waals surface area contributed by atoms with Crippen molar-refractivity contribution >= 4 is 5.91 Å². The SMILES string of the molecule is CCOc1ncccc1C(=O)NCC1(c2cccc(F)c2)CCOCC1. The molecule has 0 unspecified atom stereocenters. The van der Waals surface area contributed by atoms with Gasteiger partial charge in [-0.2, -0.15) is 0 Å². The maximum Gasteiger partial charge on any atom is 0.256 e. The van der Waals surface area contributed by atoms with E-state index in [-0.39, 0.29) is 17.1 Å². The molecular formula is C20H23FN2O3. The van der Waals surface area contributed by atoms with Gasteiger partial charge < -0.3 is 14.8 Å². The van der Waals surface area contributed by atoms with Gasteiger partial charge in [-0.25, -0.2) is 9.37 Å². The lowest BCUT2D eigenvalue weighted by Crippen LogP contribution is -2.44. The Morgan fingerprint density at radius 3 is 2.85 bits per heavy atom. The summed E-state index contributed by atoms with van der Waals surface area (Å²) < 4.78 is 24.7. The van der Waals surface area contributed by atoms with Gasteiger partial charge in [-0.15, -0.1) is 0 Å². The topological polar surface area (TPSA) is 60.5 Å². The molecule has 1 aromatic carbocycles. The molecule has 5 nitrogen and oxygen atoms in total. The number of benzene rings is 1. The van der Waals surface area contributed by atoms with Crippen LogP contribution in [-0.2, 0) is 10.2 Å². The Morgan fingerprint density at radius 2 is 2.12 bits per heavy atom. The molecule has 2 aromatic rings. The smallest absolute Gasteiger partial charge is 0.256 e. The fraction of sp³-hybridized carbons (Fsp3) is 0.400. The van der Waals surface area contributed by atoms with Crippen molar-refractivity contribution in [1.82, 2.24) is 10.3 Å². The van der Waals surface area contributed by atoms with E-state index in [1.54, 1.807) is 30.5 Å². The summed E-state index contributed by atoms with van der Waals surface area (Å²) in [6.45, 7) is 3.85. The third-order valence-corrected chi connectivity index (χ3v) is 4.77. The fourth-order valence-corrected chi connectivity index (χ4v) is 3.31. The summed E-state index contributed by atoms with van der Waals surface area (Å²) in [5.74, 6) is -0.200. The van der Waals surface area contributed by atoms with Gasteiger partial charge in [0, 0.05) is 31.4 Å². The van der Waals surface area contributed by atoms with Crippen molar-refractivity contribution in [3.8, 4) is 5.88 Å². The monoisotopic (exact) mass is 358 g/mol. The van der Waals surface area contributed by atoms with Crippen LogP contribution in [0.4, 0.5) is 4.39 Å². The van der Waals surface area contributed by atoms with Crippen molar-refractivity contribution in [3.05, 3.63) is 59.5 Å². The Hall–Kier alpha value is -2.47. The molecule has 1 aromatic heterocycles. The molecule has 1 aliphatic heterocycles. The number of pyridine rings is 1. The predicted molar refractivity (Wildman–Crippen MR) is 95.9 cm³/mol. The summed E-state index contributed by atoms with van der Waals surface area (Å²) in [6, 6.07) is 9.99. The normalized spacial score (nSPS) is 16.1. The first kappa shape index (κ1) is 18.3. The van der Waals surface area contributed by atoms with Gasteiger partial charge in [0.15, 0.2) is 0 Å². The largest absolute Gasteiger partial charge is 0.477 e. The van der Waals surface area contributed by atoms with E-state index in [1.165, 1.54) is 6.07 Å². The van der Waals surface area contributed by atoms with Crippen molar-refractivity contribution in [2.45, 2.75) is 25.2 Å². The zero-order valence-electron chi connectivity index (χ0n) is 14.8. The summed E-state index contributed by atoms with van der Waals surface area (Å²) in [5, 5.41) is 2.99. The fourth-order valence-electron chi connectivity index (χ4n) is 3.31. The Labute approximate surface area is 152 Å². The maximum atomic E-state index is 13.8. The molecule has 138 valence electrons. The van der Waals surface area contributed by atoms with Crippen molar-refractivity contribution in [2.75, 3.05) is 26.4 Å². The van der Waals surface area contributed by atoms with E-state index in [0.29, 0.717) is 37.8 Å². The maximum absolute atomic E-state index is 13.8. The van der Waals surface area contributed by atoms with Crippen LogP contribution in [-0.4, -0.2) is 37.3 Å². The van der Waals surface area contributed by atoms with Crippen LogP contribution in [0.2, 0.25) is 0 Å². The van der Waals surface area contributed by atoms with Gasteiger partial charge >= 0.3 is 0 Å². The number of aromatic nitrogens is 1. The zero-order chi connectivity index (χ0) is 18.4. The van der Waals surface area contributed by atoms with E-state index in [2.05, 4.69) is 10.3 Å². The number of ether oxygens (including phenoxy) is 2. The van der Waals surface area contributed by atoms with Gasteiger partial charge in [-0.05, 0) is 49.6 Å². The molecule has 1 saturated heterocycles. The second-order valence-corrected chi connectivity index (χ2v) is 6.37. The van der Waals surface area contributed by atoms with Crippen LogP contribution >= 0.6 is 0 Å². The lowest BCUT2D eigenvalue weighted by atomic mass is 9.74. The molecule has 1 amide bonds. The molecular weight excluding hydrogens is 335 g/mol. The summed E-state index contributed by atoms with van der Waals surface area (Å²) in [4.78, 5) is 16.8. The predicted octanol–water partition coefficient (Wildman–Crippen LogP) is 3.10. The minimum Gasteiger partial charge on any atom is -0.477 e. The third-order valence-electron chi connectivity index (χ3n) is 4.77. The van der Waals surface area contributed by atoms with E-state index in [0.717, 1.165) is 18.4 Å². The van der Waals surface area contributed by atoms with Crippen LogP contribution in [0.5, 0.6) is 5.88 Å². The minimum absolute atomic E-state index is 0.246. The number of carbonyl (C=O) groups is 1. The molecule has 0 radical (unpaired) electrons. The molecule has 26 heavy (non-hydrogen) atoms. The number of hydrogen-bond donors (Lipinski definition) is 1. The Balaban J connectivity index is 1.79. The van der Waals surface area contributed by atoms with E-state index < -0.39 is 0 Å². The van der Waals surface area contributed by atoms with Crippen LogP contribution < -0.4 is 10.1 Å². The molecule has 1 fully saturated rings. The van der Waals surface area contributed by atoms with Crippen molar-refractivity contribution in [2.24, 2.45) is 0 Å². The second-order valence-electron chi connectivity index (χ2n) is 6.37.